The van der Waals surface area contributed by atoms with Gasteiger partial charge in [0.2, 0.25) is 27.6 Å². The van der Waals surface area contributed by atoms with Crippen molar-refractivity contribution < 1.29 is 17.7 Å². The zero-order chi connectivity index (χ0) is 21.3. The zero-order valence-electron chi connectivity index (χ0n) is 16.5. The lowest BCUT2D eigenvalue weighted by Crippen LogP contribution is -2.41. The monoisotopic (exact) mass is 467 g/mol. The highest BCUT2D eigenvalue weighted by Gasteiger charge is 2.34. The molecule has 0 saturated carbocycles. The van der Waals surface area contributed by atoms with Gasteiger partial charge < -0.3 is 9.84 Å². The number of amides is 1. The summed E-state index contributed by atoms with van der Waals surface area (Å²) < 4.78 is 33.0. The molecule has 0 radical (unpaired) electrons. The molecule has 1 fully saturated rings. The van der Waals surface area contributed by atoms with E-state index >= 15 is 0 Å². The summed E-state index contributed by atoms with van der Waals surface area (Å²) in [6.45, 7) is 4.28. The highest BCUT2D eigenvalue weighted by atomic mass is 32.2. The third-order valence-electron chi connectivity index (χ3n) is 4.97. The normalized spacial score (nSPS) is 16.1. The van der Waals surface area contributed by atoms with Crippen molar-refractivity contribution in [3.8, 4) is 10.7 Å². The molecule has 1 amide bonds. The van der Waals surface area contributed by atoms with Gasteiger partial charge in [-0.3, -0.25) is 4.79 Å². The number of nitrogens with one attached hydrogen (secondary N) is 1. The Kier molecular flexibility index (Phi) is 6.00. The quantitative estimate of drug-likeness (QED) is 0.591. The Hall–Kier alpha value is -2.15. The van der Waals surface area contributed by atoms with Gasteiger partial charge >= 0.3 is 0 Å². The van der Waals surface area contributed by atoms with Crippen LogP contribution in [-0.4, -0.2) is 46.8 Å². The topological polar surface area (TPSA) is 118 Å². The molecule has 1 saturated heterocycles. The Balaban J connectivity index is 1.45. The van der Waals surface area contributed by atoms with Gasteiger partial charge in [0.1, 0.15) is 0 Å². The predicted octanol–water partition coefficient (Wildman–Crippen LogP) is 3.16. The number of sulfonamides is 1. The Morgan fingerprint density at radius 3 is 2.77 bits per heavy atom. The number of carbonyl (C=O) groups is 1. The Bertz CT molecular complexity index is 1130. The van der Waals surface area contributed by atoms with Crippen LogP contribution in [0.1, 0.15) is 30.5 Å². The van der Waals surface area contributed by atoms with Crippen molar-refractivity contribution >= 4 is 43.7 Å². The fraction of sp³-hybridized carbons (Fsp3) is 0.444. The molecule has 0 aliphatic carbocycles. The van der Waals surface area contributed by atoms with Gasteiger partial charge in [0.15, 0.2) is 5.13 Å². The highest BCUT2D eigenvalue weighted by Crippen LogP contribution is 2.35. The average molecular weight is 468 g/mol. The second-order valence-corrected chi connectivity index (χ2v) is 11.0. The molecule has 9 nitrogen and oxygen atoms in total. The van der Waals surface area contributed by atoms with Crippen LogP contribution in [0.3, 0.4) is 0 Å². The lowest BCUT2D eigenvalue weighted by molar-refractivity contribution is -0.120. The number of piperidine rings is 1. The SMILES string of the molecule is CCc1nc(-c2cc(S(=O)(=O)N3CCC(C(=O)Nc4nccs4)CC3)c(C)s2)no1. The minimum Gasteiger partial charge on any atom is -0.339 e. The molecule has 1 N–H and O–H groups in total. The van der Waals surface area contributed by atoms with E-state index in [2.05, 4.69) is 20.4 Å². The van der Waals surface area contributed by atoms with E-state index in [0.29, 0.717) is 59.0 Å². The van der Waals surface area contributed by atoms with Crippen molar-refractivity contribution in [2.45, 2.75) is 38.0 Å². The summed E-state index contributed by atoms with van der Waals surface area (Å²) in [6.07, 6.45) is 3.19. The molecular formula is C18H21N5O4S3. The summed E-state index contributed by atoms with van der Waals surface area (Å²) in [5.74, 6) is 0.573. The van der Waals surface area contributed by atoms with Crippen LogP contribution in [0.25, 0.3) is 10.7 Å². The highest BCUT2D eigenvalue weighted by molar-refractivity contribution is 7.89. The number of thiophene rings is 1. The molecule has 1 aliphatic rings. The van der Waals surface area contributed by atoms with Crippen molar-refractivity contribution in [1.29, 1.82) is 0 Å². The second kappa shape index (κ2) is 8.53. The summed E-state index contributed by atoms with van der Waals surface area (Å²) in [7, 11) is -3.66. The van der Waals surface area contributed by atoms with Gasteiger partial charge in [0.05, 0.1) is 9.77 Å². The summed E-state index contributed by atoms with van der Waals surface area (Å²) in [6, 6.07) is 1.61. The van der Waals surface area contributed by atoms with E-state index in [-0.39, 0.29) is 16.7 Å². The molecule has 0 atom stereocenters. The molecule has 30 heavy (non-hydrogen) atoms. The average Bonchev–Trinajstić information content (AvgIpc) is 3.48. The molecule has 0 aromatic carbocycles. The number of carbonyl (C=O) groups excluding carboxylic acids is 1. The zero-order valence-corrected chi connectivity index (χ0v) is 18.9. The van der Waals surface area contributed by atoms with Gasteiger partial charge in [-0.2, -0.15) is 9.29 Å². The van der Waals surface area contributed by atoms with Gasteiger partial charge in [-0.25, -0.2) is 13.4 Å². The Labute approximate surface area is 182 Å². The first-order chi connectivity index (χ1) is 14.4. The number of aryl methyl sites for hydroxylation is 2. The molecule has 1 aliphatic heterocycles. The van der Waals surface area contributed by atoms with Crippen molar-refractivity contribution in [1.82, 2.24) is 19.4 Å². The third-order valence-corrected chi connectivity index (χ3v) is 8.86. The fourth-order valence-corrected chi connectivity index (χ4v) is 6.81. The molecule has 4 heterocycles. The number of nitrogens with zero attached hydrogens (tertiary/aromatic N) is 4. The van der Waals surface area contributed by atoms with E-state index in [9.17, 15) is 13.2 Å². The van der Waals surface area contributed by atoms with Gasteiger partial charge in [0.25, 0.3) is 0 Å². The molecule has 0 unspecified atom stereocenters. The summed E-state index contributed by atoms with van der Waals surface area (Å²) in [5, 5.41) is 9.08. The Morgan fingerprint density at radius 1 is 1.37 bits per heavy atom. The van der Waals surface area contributed by atoms with Crippen LogP contribution >= 0.6 is 22.7 Å². The number of aromatic nitrogens is 3. The van der Waals surface area contributed by atoms with E-state index < -0.39 is 10.0 Å². The third kappa shape index (κ3) is 4.17. The number of hydrogen-bond acceptors (Lipinski definition) is 9. The van der Waals surface area contributed by atoms with Gasteiger partial charge in [-0.05, 0) is 25.8 Å². The minimum absolute atomic E-state index is 0.111. The smallest absolute Gasteiger partial charge is 0.244 e. The first kappa shape index (κ1) is 21.1. The molecule has 4 rings (SSSR count). The van der Waals surface area contributed by atoms with Crippen molar-refractivity contribution in [2.75, 3.05) is 18.4 Å². The summed E-state index contributed by atoms with van der Waals surface area (Å²) in [5.41, 5.74) is 0. The second-order valence-electron chi connectivity index (χ2n) is 6.90. The molecule has 0 bridgehead atoms. The van der Waals surface area contributed by atoms with E-state index in [4.69, 9.17) is 4.52 Å². The first-order valence-electron chi connectivity index (χ1n) is 9.52. The van der Waals surface area contributed by atoms with E-state index in [1.807, 2.05) is 6.92 Å². The molecule has 3 aromatic heterocycles. The lowest BCUT2D eigenvalue weighted by Gasteiger charge is -2.30. The number of hydrogen-bond donors (Lipinski definition) is 1. The van der Waals surface area contributed by atoms with Crippen molar-refractivity contribution in [3.63, 3.8) is 0 Å². The van der Waals surface area contributed by atoms with Gasteiger partial charge in [-0.15, -0.1) is 22.7 Å². The maximum absolute atomic E-state index is 13.2. The van der Waals surface area contributed by atoms with E-state index in [1.165, 1.54) is 27.0 Å². The number of rotatable bonds is 6. The van der Waals surface area contributed by atoms with Crippen molar-refractivity contribution in [3.05, 3.63) is 28.4 Å². The summed E-state index contributed by atoms with van der Waals surface area (Å²) in [4.78, 5) is 22.3. The fourth-order valence-electron chi connectivity index (χ4n) is 3.32. The lowest BCUT2D eigenvalue weighted by atomic mass is 9.97. The minimum atomic E-state index is -3.66. The van der Waals surface area contributed by atoms with E-state index in [0.717, 1.165) is 0 Å². The molecule has 0 spiro atoms. The van der Waals surface area contributed by atoms with Crippen LogP contribution in [-0.2, 0) is 21.2 Å². The van der Waals surface area contributed by atoms with Crippen molar-refractivity contribution in [2.24, 2.45) is 5.92 Å². The predicted molar refractivity (Wildman–Crippen MR) is 114 cm³/mol. The van der Waals surface area contributed by atoms with Gasteiger partial charge in [-0.1, -0.05) is 12.1 Å². The largest absolute Gasteiger partial charge is 0.339 e. The van der Waals surface area contributed by atoms with Crippen LogP contribution in [0.4, 0.5) is 5.13 Å². The molecule has 3 aromatic rings. The number of anilines is 1. The maximum atomic E-state index is 13.2. The summed E-state index contributed by atoms with van der Waals surface area (Å²) >= 11 is 2.69. The molecule has 160 valence electrons. The van der Waals surface area contributed by atoms with Gasteiger partial charge in [0, 0.05) is 41.9 Å². The van der Waals surface area contributed by atoms with Crippen LogP contribution in [0, 0.1) is 12.8 Å². The molecular weight excluding hydrogens is 446 g/mol. The molecule has 12 heteroatoms. The first-order valence-corrected chi connectivity index (χ1v) is 12.7. The number of thiazole rings is 1. The Morgan fingerprint density at radius 2 is 2.13 bits per heavy atom. The standard InChI is InChI=1S/C18H21N5O4S3/c1-3-15-20-16(22-27-15)13-10-14(11(2)29-13)30(25,26)23-7-4-12(5-8-23)17(24)21-18-19-6-9-28-18/h6,9-10,12H,3-5,7-8H2,1-2H3,(H,19,21,24). The van der Waals surface area contributed by atoms with E-state index in [1.54, 1.807) is 24.6 Å². The van der Waals surface area contributed by atoms with Crippen LogP contribution in [0.15, 0.2) is 27.1 Å². The van der Waals surface area contributed by atoms with Crippen LogP contribution < -0.4 is 5.32 Å². The maximum Gasteiger partial charge on any atom is 0.244 e. The van der Waals surface area contributed by atoms with Crippen LogP contribution in [0.5, 0.6) is 0 Å². The van der Waals surface area contributed by atoms with Crippen LogP contribution in [0.2, 0.25) is 0 Å².